The Morgan fingerprint density at radius 2 is 2.44 bits per heavy atom. The first-order chi connectivity index (χ1) is 7.72. The van der Waals surface area contributed by atoms with Gasteiger partial charge in [0.25, 0.3) is 0 Å². The molecule has 0 aliphatic carbocycles. The molecule has 3 unspecified atom stereocenters. The Labute approximate surface area is 106 Å². The van der Waals surface area contributed by atoms with Crippen LogP contribution in [-0.2, 0) is 9.53 Å². The van der Waals surface area contributed by atoms with Gasteiger partial charge in [-0.25, -0.2) is 0 Å². The highest BCUT2D eigenvalue weighted by Crippen LogP contribution is 2.27. The second kappa shape index (κ2) is 5.61. The summed E-state index contributed by atoms with van der Waals surface area (Å²) in [6.45, 7) is 3.32. The number of carbonyl (C=O) groups excluding carboxylic acids is 1. The Morgan fingerprint density at radius 3 is 3.06 bits per heavy atom. The van der Waals surface area contributed by atoms with Crippen LogP contribution < -0.4 is 0 Å². The van der Waals surface area contributed by atoms with Crippen LogP contribution in [0, 0.1) is 5.92 Å². The molecule has 0 aromatic rings. The molecule has 16 heavy (non-hydrogen) atoms. The molecule has 3 atom stereocenters. The molecule has 0 bridgehead atoms. The maximum absolute atomic E-state index is 12.3. The van der Waals surface area contributed by atoms with E-state index in [1.54, 1.807) is 0 Å². The van der Waals surface area contributed by atoms with Crippen molar-refractivity contribution in [2.24, 2.45) is 5.92 Å². The SMILES string of the molecule is CC1COC(CCl)CN1C(=O)C1CCSC1. The largest absolute Gasteiger partial charge is 0.373 e. The molecule has 92 valence electrons. The number of carbonyl (C=O) groups is 1. The van der Waals surface area contributed by atoms with Crippen LogP contribution >= 0.6 is 23.4 Å². The van der Waals surface area contributed by atoms with Crippen LogP contribution in [0.1, 0.15) is 13.3 Å². The number of ether oxygens (including phenoxy) is 1. The predicted molar refractivity (Wildman–Crippen MR) is 67.1 cm³/mol. The van der Waals surface area contributed by atoms with Gasteiger partial charge in [-0.05, 0) is 19.1 Å². The number of alkyl halides is 1. The van der Waals surface area contributed by atoms with Gasteiger partial charge in [0.2, 0.25) is 5.91 Å². The molecule has 2 aliphatic rings. The van der Waals surface area contributed by atoms with Gasteiger partial charge >= 0.3 is 0 Å². The van der Waals surface area contributed by atoms with Gasteiger partial charge in [0.15, 0.2) is 0 Å². The Hall–Kier alpha value is 0.0700. The van der Waals surface area contributed by atoms with Crippen molar-refractivity contribution in [2.75, 3.05) is 30.5 Å². The maximum atomic E-state index is 12.3. The summed E-state index contributed by atoms with van der Waals surface area (Å²) >= 11 is 7.67. The fourth-order valence-corrected chi connectivity index (χ4v) is 3.58. The summed E-state index contributed by atoms with van der Waals surface area (Å²) in [5.74, 6) is 3.09. The van der Waals surface area contributed by atoms with Crippen molar-refractivity contribution in [3.63, 3.8) is 0 Å². The summed E-state index contributed by atoms with van der Waals surface area (Å²) in [5, 5.41) is 0. The van der Waals surface area contributed by atoms with Crippen LogP contribution in [0.3, 0.4) is 0 Å². The number of morpholine rings is 1. The minimum Gasteiger partial charge on any atom is -0.373 e. The van der Waals surface area contributed by atoms with E-state index in [0.717, 1.165) is 17.9 Å². The number of hydrogen-bond donors (Lipinski definition) is 0. The summed E-state index contributed by atoms with van der Waals surface area (Å²) in [7, 11) is 0. The number of halogens is 1. The average Bonchev–Trinajstić information content (AvgIpc) is 2.82. The number of nitrogens with zero attached hydrogens (tertiary/aromatic N) is 1. The van der Waals surface area contributed by atoms with Crippen molar-refractivity contribution in [1.82, 2.24) is 4.90 Å². The lowest BCUT2D eigenvalue weighted by atomic mass is 10.1. The first kappa shape index (κ1) is 12.5. The lowest BCUT2D eigenvalue weighted by Gasteiger charge is -2.38. The van der Waals surface area contributed by atoms with Gasteiger partial charge in [-0.2, -0.15) is 11.8 Å². The molecule has 5 heteroatoms. The number of hydrogen-bond acceptors (Lipinski definition) is 3. The Kier molecular flexibility index (Phi) is 4.39. The maximum Gasteiger partial charge on any atom is 0.226 e. The van der Waals surface area contributed by atoms with Crippen molar-refractivity contribution in [3.05, 3.63) is 0 Å². The molecule has 2 heterocycles. The van der Waals surface area contributed by atoms with Crippen molar-refractivity contribution >= 4 is 29.3 Å². The van der Waals surface area contributed by atoms with Crippen LogP contribution in [0.4, 0.5) is 0 Å². The highest BCUT2D eigenvalue weighted by molar-refractivity contribution is 7.99. The third-order valence-corrected chi connectivity index (χ3v) is 4.75. The molecule has 0 spiro atoms. The van der Waals surface area contributed by atoms with E-state index < -0.39 is 0 Å². The summed E-state index contributed by atoms with van der Waals surface area (Å²) in [5.41, 5.74) is 0. The van der Waals surface area contributed by atoms with E-state index in [-0.39, 0.29) is 18.1 Å². The van der Waals surface area contributed by atoms with Gasteiger partial charge in [0.1, 0.15) is 0 Å². The molecule has 2 aliphatic heterocycles. The third-order valence-electron chi connectivity index (χ3n) is 3.24. The Bertz CT molecular complexity index is 258. The quantitative estimate of drug-likeness (QED) is 0.709. The van der Waals surface area contributed by atoms with Crippen LogP contribution in [-0.4, -0.2) is 53.5 Å². The summed E-state index contributed by atoms with van der Waals surface area (Å²) in [4.78, 5) is 14.3. The van der Waals surface area contributed by atoms with E-state index in [1.165, 1.54) is 0 Å². The lowest BCUT2D eigenvalue weighted by Crippen LogP contribution is -2.53. The van der Waals surface area contributed by atoms with E-state index in [9.17, 15) is 4.79 Å². The molecular weight excluding hydrogens is 246 g/mol. The smallest absolute Gasteiger partial charge is 0.226 e. The minimum absolute atomic E-state index is 0.0101. The van der Waals surface area contributed by atoms with E-state index in [4.69, 9.17) is 16.3 Å². The molecule has 0 aromatic carbocycles. The van der Waals surface area contributed by atoms with Gasteiger partial charge in [0, 0.05) is 18.2 Å². The van der Waals surface area contributed by atoms with E-state index in [2.05, 4.69) is 0 Å². The van der Waals surface area contributed by atoms with Crippen LogP contribution in [0.25, 0.3) is 0 Å². The van der Waals surface area contributed by atoms with Crippen LogP contribution in [0.15, 0.2) is 0 Å². The van der Waals surface area contributed by atoms with E-state index >= 15 is 0 Å². The standard InChI is InChI=1S/C11H18ClNO2S/c1-8-6-15-10(4-12)5-13(8)11(14)9-2-3-16-7-9/h8-10H,2-7H2,1H3. The summed E-state index contributed by atoms with van der Waals surface area (Å²) in [6.07, 6.45) is 1.04. The van der Waals surface area contributed by atoms with Crippen LogP contribution in [0.2, 0.25) is 0 Å². The number of amides is 1. The van der Waals surface area contributed by atoms with E-state index in [0.29, 0.717) is 24.9 Å². The monoisotopic (exact) mass is 263 g/mol. The van der Waals surface area contributed by atoms with Crippen LogP contribution in [0.5, 0.6) is 0 Å². The topological polar surface area (TPSA) is 29.5 Å². The average molecular weight is 264 g/mol. The molecule has 2 rings (SSSR count). The Balaban J connectivity index is 1.97. The molecular formula is C11H18ClNO2S. The third kappa shape index (κ3) is 2.66. The highest BCUT2D eigenvalue weighted by Gasteiger charge is 2.34. The second-order valence-corrected chi connectivity index (χ2v) is 5.97. The molecule has 2 saturated heterocycles. The first-order valence-corrected chi connectivity index (χ1v) is 7.47. The van der Waals surface area contributed by atoms with Gasteiger partial charge in [-0.1, -0.05) is 0 Å². The zero-order valence-electron chi connectivity index (χ0n) is 9.52. The van der Waals surface area contributed by atoms with Gasteiger partial charge in [-0.3, -0.25) is 4.79 Å². The summed E-state index contributed by atoms with van der Waals surface area (Å²) < 4.78 is 5.55. The molecule has 3 nitrogen and oxygen atoms in total. The molecule has 2 fully saturated rings. The van der Waals surface area contributed by atoms with Crippen molar-refractivity contribution < 1.29 is 9.53 Å². The molecule has 0 N–H and O–H groups in total. The molecule has 0 radical (unpaired) electrons. The fraction of sp³-hybridized carbons (Fsp3) is 0.909. The predicted octanol–water partition coefficient (Wildman–Crippen LogP) is 1.59. The lowest BCUT2D eigenvalue weighted by molar-refractivity contribution is -0.146. The van der Waals surface area contributed by atoms with E-state index in [1.807, 2.05) is 23.6 Å². The molecule has 0 aromatic heterocycles. The highest BCUT2D eigenvalue weighted by atomic mass is 35.5. The number of rotatable bonds is 2. The van der Waals surface area contributed by atoms with Gasteiger partial charge in [-0.15, -0.1) is 11.6 Å². The van der Waals surface area contributed by atoms with Gasteiger partial charge < -0.3 is 9.64 Å². The second-order valence-electron chi connectivity index (χ2n) is 4.51. The minimum atomic E-state index is 0.0101. The number of thioether (sulfide) groups is 1. The zero-order chi connectivity index (χ0) is 11.5. The fourth-order valence-electron chi connectivity index (χ4n) is 2.18. The van der Waals surface area contributed by atoms with Crippen molar-refractivity contribution in [2.45, 2.75) is 25.5 Å². The summed E-state index contributed by atoms with van der Waals surface area (Å²) in [6, 6.07) is 0.192. The molecule has 0 saturated carbocycles. The van der Waals surface area contributed by atoms with Crippen molar-refractivity contribution in [3.8, 4) is 0 Å². The normalized spacial score (nSPS) is 35.4. The van der Waals surface area contributed by atoms with Gasteiger partial charge in [0.05, 0.1) is 24.6 Å². The Morgan fingerprint density at radius 1 is 1.62 bits per heavy atom. The molecule has 1 amide bonds. The first-order valence-electron chi connectivity index (χ1n) is 5.78. The van der Waals surface area contributed by atoms with Crippen molar-refractivity contribution in [1.29, 1.82) is 0 Å². The zero-order valence-corrected chi connectivity index (χ0v) is 11.1.